The Bertz CT molecular complexity index is 1670. The maximum Gasteiger partial charge on any atom is 0.264 e. The van der Waals surface area contributed by atoms with Crippen LogP contribution in [0.15, 0.2) is 114 Å². The molecule has 0 aliphatic rings. The molecule has 8 nitrogen and oxygen atoms in total. The number of para-hydroxylation sites is 2. The zero-order valence-electron chi connectivity index (χ0n) is 25.6. The first-order valence-corrected chi connectivity index (χ1v) is 16.5. The van der Waals surface area contributed by atoms with E-state index in [1.165, 1.54) is 24.1 Å². The molecule has 0 saturated heterocycles. The smallest absolute Gasteiger partial charge is 0.264 e. The van der Waals surface area contributed by atoms with Crippen molar-refractivity contribution in [3.63, 3.8) is 0 Å². The van der Waals surface area contributed by atoms with Crippen LogP contribution in [0.2, 0.25) is 5.02 Å². The molecule has 45 heavy (non-hydrogen) atoms. The zero-order chi connectivity index (χ0) is 32.4. The lowest BCUT2D eigenvalue weighted by molar-refractivity contribution is -0.140. The van der Waals surface area contributed by atoms with Crippen LogP contribution in [0.3, 0.4) is 0 Å². The molecule has 0 fully saturated rings. The first kappa shape index (κ1) is 33.6. The average Bonchev–Trinajstić information content (AvgIpc) is 3.06. The second-order valence-electron chi connectivity index (χ2n) is 10.7. The summed E-state index contributed by atoms with van der Waals surface area (Å²) in [6.07, 6.45) is 0.925. The predicted molar refractivity (Wildman–Crippen MR) is 178 cm³/mol. The minimum atomic E-state index is -4.23. The molecule has 0 aliphatic carbocycles. The van der Waals surface area contributed by atoms with Gasteiger partial charge in [0.2, 0.25) is 11.8 Å². The lowest BCUT2D eigenvalue weighted by atomic mass is 10.0. The van der Waals surface area contributed by atoms with Gasteiger partial charge in [-0.05, 0) is 60.9 Å². The highest BCUT2D eigenvalue weighted by Crippen LogP contribution is 2.32. The molecule has 1 N–H and O–H groups in total. The van der Waals surface area contributed by atoms with E-state index in [1.54, 1.807) is 66.7 Å². The van der Waals surface area contributed by atoms with Gasteiger partial charge in [0.05, 0.1) is 17.7 Å². The number of sulfonamides is 1. The predicted octanol–water partition coefficient (Wildman–Crippen LogP) is 6.10. The van der Waals surface area contributed by atoms with Crippen LogP contribution < -0.4 is 14.4 Å². The number of carbonyl (C=O) groups is 2. The van der Waals surface area contributed by atoms with Gasteiger partial charge in [0.25, 0.3) is 10.0 Å². The Kier molecular flexibility index (Phi) is 11.6. The Morgan fingerprint density at radius 3 is 2.07 bits per heavy atom. The average molecular weight is 648 g/mol. The van der Waals surface area contributed by atoms with Crippen LogP contribution in [0, 0.1) is 0 Å². The number of ether oxygens (including phenoxy) is 1. The summed E-state index contributed by atoms with van der Waals surface area (Å²) >= 11 is 6.15. The highest BCUT2D eigenvalue weighted by Gasteiger charge is 2.35. The van der Waals surface area contributed by atoms with E-state index >= 15 is 0 Å². The summed E-state index contributed by atoms with van der Waals surface area (Å²) in [6, 6.07) is 29.9. The van der Waals surface area contributed by atoms with Gasteiger partial charge < -0.3 is 15.0 Å². The van der Waals surface area contributed by atoms with Crippen LogP contribution in [0.1, 0.15) is 31.4 Å². The van der Waals surface area contributed by atoms with Crippen molar-refractivity contribution in [3.05, 3.63) is 125 Å². The number of hydrogen-bond donors (Lipinski definition) is 1. The van der Waals surface area contributed by atoms with E-state index < -0.39 is 28.5 Å². The number of halogens is 1. The van der Waals surface area contributed by atoms with Crippen molar-refractivity contribution in [2.24, 2.45) is 0 Å². The molecule has 0 radical (unpaired) electrons. The van der Waals surface area contributed by atoms with Crippen molar-refractivity contribution in [1.29, 1.82) is 0 Å². The van der Waals surface area contributed by atoms with Crippen molar-refractivity contribution in [2.45, 2.75) is 50.2 Å². The highest BCUT2D eigenvalue weighted by molar-refractivity contribution is 7.92. The summed E-state index contributed by atoms with van der Waals surface area (Å²) in [5, 5.41) is 3.56. The van der Waals surface area contributed by atoms with Crippen LogP contribution in [-0.2, 0) is 32.6 Å². The van der Waals surface area contributed by atoms with E-state index in [4.69, 9.17) is 16.3 Å². The molecular weight excluding hydrogens is 610 g/mol. The van der Waals surface area contributed by atoms with Gasteiger partial charge >= 0.3 is 0 Å². The van der Waals surface area contributed by atoms with Crippen molar-refractivity contribution in [3.8, 4) is 5.75 Å². The van der Waals surface area contributed by atoms with Gasteiger partial charge in [0.15, 0.2) is 0 Å². The summed E-state index contributed by atoms with van der Waals surface area (Å²) in [7, 11) is -2.79. The Hall–Kier alpha value is -4.34. The maximum absolute atomic E-state index is 14.5. The van der Waals surface area contributed by atoms with E-state index in [2.05, 4.69) is 5.32 Å². The van der Waals surface area contributed by atoms with E-state index in [-0.39, 0.29) is 41.2 Å². The second kappa shape index (κ2) is 15.6. The zero-order valence-corrected chi connectivity index (χ0v) is 27.2. The van der Waals surface area contributed by atoms with Gasteiger partial charge in [-0.25, -0.2) is 8.42 Å². The number of hydrogen-bond acceptors (Lipinski definition) is 5. The molecule has 2 atom stereocenters. The molecule has 0 spiro atoms. The molecule has 0 heterocycles. The molecule has 2 amide bonds. The number of nitrogens with zero attached hydrogens (tertiary/aromatic N) is 2. The standard InChI is InChI=1S/C35H38ClN3O5S/c1-4-26(2)37-35(41)32(23-27-13-7-5-8-14-27)38(24-28-19-21-29(36)22-20-28)34(40)25-39(31-17-11-12-18-33(31)44-3)45(42,43)30-15-9-6-10-16-30/h5-22,26,32H,4,23-25H2,1-3H3,(H,37,41)/t26-,32-/m1/s1. The summed E-state index contributed by atoms with van der Waals surface area (Å²) in [4.78, 5) is 29.9. The molecule has 0 saturated carbocycles. The van der Waals surface area contributed by atoms with Crippen molar-refractivity contribution < 1.29 is 22.7 Å². The molecule has 4 rings (SSSR count). The van der Waals surface area contributed by atoms with E-state index in [0.717, 1.165) is 15.4 Å². The van der Waals surface area contributed by atoms with Gasteiger partial charge in [-0.1, -0.05) is 91.3 Å². The van der Waals surface area contributed by atoms with Crippen LogP contribution in [-0.4, -0.2) is 50.9 Å². The van der Waals surface area contributed by atoms with Crippen molar-refractivity contribution in [2.75, 3.05) is 18.0 Å². The first-order chi connectivity index (χ1) is 21.6. The SMILES string of the molecule is CC[C@@H](C)NC(=O)[C@@H](Cc1ccccc1)N(Cc1ccc(Cl)cc1)C(=O)CN(c1ccccc1OC)S(=O)(=O)c1ccccc1. The number of amides is 2. The summed E-state index contributed by atoms with van der Waals surface area (Å²) in [5.41, 5.74) is 1.79. The van der Waals surface area contributed by atoms with E-state index in [0.29, 0.717) is 11.4 Å². The van der Waals surface area contributed by atoms with Gasteiger partial charge in [-0.2, -0.15) is 0 Å². The van der Waals surface area contributed by atoms with Crippen LogP contribution >= 0.6 is 11.6 Å². The number of benzene rings is 4. The normalized spacial score (nSPS) is 12.5. The molecule has 4 aromatic rings. The quantitative estimate of drug-likeness (QED) is 0.179. The fourth-order valence-electron chi connectivity index (χ4n) is 4.85. The number of methoxy groups -OCH3 is 1. The van der Waals surface area contributed by atoms with Gasteiger partial charge in [-0.3, -0.25) is 13.9 Å². The highest BCUT2D eigenvalue weighted by atomic mass is 35.5. The second-order valence-corrected chi connectivity index (χ2v) is 13.0. The number of carbonyl (C=O) groups excluding carboxylic acids is 2. The van der Waals surface area contributed by atoms with Gasteiger partial charge in [-0.15, -0.1) is 0 Å². The molecule has 0 unspecified atom stereocenters. The summed E-state index contributed by atoms with van der Waals surface area (Å²) in [6.45, 7) is 3.34. The summed E-state index contributed by atoms with van der Waals surface area (Å²) < 4.78 is 34.8. The molecule has 10 heteroatoms. The molecule has 0 aromatic heterocycles. The number of anilines is 1. The Morgan fingerprint density at radius 1 is 0.844 bits per heavy atom. The Labute approximate surface area is 270 Å². The van der Waals surface area contributed by atoms with Crippen LogP contribution in [0.5, 0.6) is 5.75 Å². The molecule has 0 bridgehead atoms. The maximum atomic E-state index is 14.5. The molecular formula is C35H38ClN3O5S. The lowest BCUT2D eigenvalue weighted by Gasteiger charge is -2.34. The van der Waals surface area contributed by atoms with Crippen LogP contribution in [0.25, 0.3) is 0 Å². The fourth-order valence-corrected chi connectivity index (χ4v) is 6.42. The minimum absolute atomic E-state index is 0.0170. The van der Waals surface area contributed by atoms with E-state index in [9.17, 15) is 18.0 Å². The monoisotopic (exact) mass is 647 g/mol. The first-order valence-electron chi connectivity index (χ1n) is 14.7. The third kappa shape index (κ3) is 8.65. The minimum Gasteiger partial charge on any atom is -0.495 e. The topological polar surface area (TPSA) is 96.0 Å². The lowest BCUT2D eigenvalue weighted by Crippen LogP contribution is -2.54. The molecule has 236 valence electrons. The van der Waals surface area contributed by atoms with Crippen molar-refractivity contribution in [1.82, 2.24) is 10.2 Å². The number of rotatable bonds is 14. The Morgan fingerprint density at radius 2 is 1.44 bits per heavy atom. The fraction of sp³-hybridized carbons (Fsp3) is 0.257. The largest absolute Gasteiger partial charge is 0.495 e. The third-order valence-electron chi connectivity index (χ3n) is 7.50. The Balaban J connectivity index is 1.82. The van der Waals surface area contributed by atoms with Gasteiger partial charge in [0, 0.05) is 24.0 Å². The summed E-state index contributed by atoms with van der Waals surface area (Å²) in [5.74, 6) is -0.606. The molecule has 0 aliphatic heterocycles. The number of nitrogens with one attached hydrogen (secondary N) is 1. The molecule has 4 aromatic carbocycles. The van der Waals surface area contributed by atoms with Gasteiger partial charge in [0.1, 0.15) is 18.3 Å². The van der Waals surface area contributed by atoms with E-state index in [1.807, 2.05) is 44.2 Å². The third-order valence-corrected chi connectivity index (χ3v) is 9.53. The van der Waals surface area contributed by atoms with Crippen LogP contribution in [0.4, 0.5) is 5.69 Å². The van der Waals surface area contributed by atoms with Crippen molar-refractivity contribution >= 4 is 39.1 Å².